The van der Waals surface area contributed by atoms with Crippen LogP contribution in [-0.4, -0.2) is 35.6 Å². The van der Waals surface area contributed by atoms with Gasteiger partial charge < -0.3 is 9.64 Å². The van der Waals surface area contributed by atoms with E-state index in [-0.39, 0.29) is 17.0 Å². The summed E-state index contributed by atoms with van der Waals surface area (Å²) in [5.74, 6) is 0.852. The topological polar surface area (TPSA) is 46.6 Å². The van der Waals surface area contributed by atoms with E-state index in [9.17, 15) is 9.59 Å². The first-order valence-electron chi connectivity index (χ1n) is 6.03. The number of methoxy groups -OCH3 is 1. The highest BCUT2D eigenvalue weighted by atomic mass is 79.9. The van der Waals surface area contributed by atoms with E-state index in [1.54, 1.807) is 12.0 Å². The molecule has 0 aliphatic heterocycles. The third kappa shape index (κ3) is 5.42. The molecule has 19 heavy (non-hydrogen) atoms. The Balaban J connectivity index is 2.69. The van der Waals surface area contributed by atoms with E-state index in [0.717, 1.165) is 11.3 Å². The van der Waals surface area contributed by atoms with Gasteiger partial charge in [-0.1, -0.05) is 28.1 Å². The fourth-order valence-corrected chi connectivity index (χ4v) is 1.97. The van der Waals surface area contributed by atoms with Crippen LogP contribution in [0.25, 0.3) is 0 Å². The molecular weight excluding hydrogens is 310 g/mol. The lowest BCUT2D eigenvalue weighted by molar-refractivity contribution is -0.129. The Bertz CT molecular complexity index is 431. The van der Waals surface area contributed by atoms with Crippen molar-refractivity contribution < 1.29 is 14.3 Å². The fraction of sp³-hybridized carbons (Fsp3) is 0.429. The standard InChI is InChI=1S/C14H18BrNO3/c1-11(17)7-8-16(14(18)9-15)10-12-3-5-13(19-2)6-4-12/h3-6H,7-10H2,1-2H3. The molecule has 0 saturated carbocycles. The number of halogens is 1. The minimum Gasteiger partial charge on any atom is -0.497 e. The van der Waals surface area contributed by atoms with Crippen molar-refractivity contribution in [3.05, 3.63) is 29.8 Å². The number of carbonyl (C=O) groups excluding carboxylic acids is 2. The Labute approximate surface area is 121 Å². The normalized spacial score (nSPS) is 10.1. The second-order valence-corrected chi connectivity index (χ2v) is 4.81. The van der Waals surface area contributed by atoms with Crippen molar-refractivity contribution in [1.29, 1.82) is 0 Å². The van der Waals surface area contributed by atoms with Crippen LogP contribution in [0, 0.1) is 0 Å². The Morgan fingerprint density at radius 3 is 2.37 bits per heavy atom. The van der Waals surface area contributed by atoms with Gasteiger partial charge in [-0.05, 0) is 24.6 Å². The van der Waals surface area contributed by atoms with Crippen molar-refractivity contribution >= 4 is 27.6 Å². The number of rotatable bonds is 7. The number of Topliss-reactive ketones (excluding diaryl/α,β-unsaturated/α-hetero) is 1. The Morgan fingerprint density at radius 1 is 1.26 bits per heavy atom. The number of ether oxygens (including phenoxy) is 1. The Kier molecular flexibility index (Phi) is 6.56. The first kappa shape index (κ1) is 15.7. The molecule has 0 unspecified atom stereocenters. The molecular formula is C14H18BrNO3. The minimum absolute atomic E-state index is 0.0166. The van der Waals surface area contributed by atoms with Crippen LogP contribution in [0.5, 0.6) is 5.75 Å². The molecule has 0 aromatic heterocycles. The second-order valence-electron chi connectivity index (χ2n) is 4.25. The molecule has 0 radical (unpaired) electrons. The van der Waals surface area contributed by atoms with E-state index in [1.807, 2.05) is 24.3 Å². The summed E-state index contributed by atoms with van der Waals surface area (Å²) < 4.78 is 5.09. The third-order valence-corrected chi connectivity index (χ3v) is 3.21. The van der Waals surface area contributed by atoms with Crippen LogP contribution in [0.1, 0.15) is 18.9 Å². The molecule has 0 atom stereocenters. The highest BCUT2D eigenvalue weighted by Gasteiger charge is 2.13. The Morgan fingerprint density at radius 2 is 1.89 bits per heavy atom. The van der Waals surface area contributed by atoms with Crippen LogP contribution in [0.4, 0.5) is 0 Å². The van der Waals surface area contributed by atoms with Gasteiger partial charge in [0.2, 0.25) is 5.91 Å². The highest BCUT2D eigenvalue weighted by Crippen LogP contribution is 2.13. The first-order valence-corrected chi connectivity index (χ1v) is 7.15. The van der Waals surface area contributed by atoms with Gasteiger partial charge in [0.25, 0.3) is 0 Å². The summed E-state index contributed by atoms with van der Waals surface area (Å²) in [4.78, 5) is 24.5. The van der Waals surface area contributed by atoms with Gasteiger partial charge in [0.1, 0.15) is 11.5 Å². The lowest BCUT2D eigenvalue weighted by Crippen LogP contribution is -2.33. The molecule has 0 N–H and O–H groups in total. The zero-order valence-electron chi connectivity index (χ0n) is 11.2. The molecule has 0 aliphatic carbocycles. The average molecular weight is 328 g/mol. The van der Waals surface area contributed by atoms with Gasteiger partial charge in [-0.2, -0.15) is 0 Å². The number of benzene rings is 1. The lowest BCUT2D eigenvalue weighted by Gasteiger charge is -2.21. The van der Waals surface area contributed by atoms with E-state index in [0.29, 0.717) is 19.5 Å². The van der Waals surface area contributed by atoms with E-state index in [1.165, 1.54) is 6.92 Å². The number of nitrogens with zero attached hydrogens (tertiary/aromatic N) is 1. The fourth-order valence-electron chi connectivity index (χ4n) is 1.62. The number of amides is 1. The minimum atomic E-state index is -0.0166. The zero-order chi connectivity index (χ0) is 14.3. The molecule has 1 amide bonds. The van der Waals surface area contributed by atoms with Crippen molar-refractivity contribution in [3.8, 4) is 5.75 Å². The second kappa shape index (κ2) is 7.94. The molecule has 0 aliphatic rings. The van der Waals surface area contributed by atoms with Gasteiger partial charge >= 0.3 is 0 Å². The molecule has 0 saturated heterocycles. The molecule has 104 valence electrons. The predicted molar refractivity (Wildman–Crippen MR) is 77.5 cm³/mol. The van der Waals surface area contributed by atoms with Gasteiger partial charge in [-0.3, -0.25) is 9.59 Å². The highest BCUT2D eigenvalue weighted by molar-refractivity contribution is 9.09. The molecule has 0 bridgehead atoms. The summed E-state index contributed by atoms with van der Waals surface area (Å²) in [6, 6.07) is 7.55. The van der Waals surface area contributed by atoms with Crippen molar-refractivity contribution in [2.24, 2.45) is 0 Å². The van der Waals surface area contributed by atoms with Gasteiger partial charge in [0, 0.05) is 19.5 Å². The van der Waals surface area contributed by atoms with Crippen LogP contribution in [0.2, 0.25) is 0 Å². The molecule has 5 heteroatoms. The number of carbonyl (C=O) groups is 2. The molecule has 1 aromatic carbocycles. The molecule has 0 fully saturated rings. The summed E-state index contributed by atoms with van der Waals surface area (Å²) in [6.45, 7) is 2.48. The van der Waals surface area contributed by atoms with Crippen LogP contribution in [0.15, 0.2) is 24.3 Å². The lowest BCUT2D eigenvalue weighted by atomic mass is 10.2. The van der Waals surface area contributed by atoms with Crippen molar-refractivity contribution in [1.82, 2.24) is 4.90 Å². The Hall–Kier alpha value is -1.36. The van der Waals surface area contributed by atoms with E-state index < -0.39 is 0 Å². The number of ketones is 1. The maximum atomic E-state index is 11.8. The molecule has 0 spiro atoms. The first-order chi connectivity index (χ1) is 9.06. The van der Waals surface area contributed by atoms with Gasteiger partial charge in [-0.25, -0.2) is 0 Å². The largest absolute Gasteiger partial charge is 0.497 e. The molecule has 0 heterocycles. The zero-order valence-corrected chi connectivity index (χ0v) is 12.8. The van der Waals surface area contributed by atoms with Gasteiger partial charge in [0.15, 0.2) is 0 Å². The summed E-state index contributed by atoms with van der Waals surface area (Å²) in [5.41, 5.74) is 1.01. The summed E-state index contributed by atoms with van der Waals surface area (Å²) >= 11 is 3.16. The maximum absolute atomic E-state index is 11.8. The molecule has 1 aromatic rings. The third-order valence-electron chi connectivity index (χ3n) is 2.73. The van der Waals surface area contributed by atoms with Crippen LogP contribution < -0.4 is 4.74 Å². The van der Waals surface area contributed by atoms with Gasteiger partial charge in [0.05, 0.1) is 12.4 Å². The SMILES string of the molecule is COc1ccc(CN(CCC(C)=O)C(=O)CBr)cc1. The number of alkyl halides is 1. The summed E-state index contributed by atoms with van der Waals surface area (Å²) in [7, 11) is 1.61. The number of hydrogen-bond donors (Lipinski definition) is 0. The monoisotopic (exact) mass is 327 g/mol. The van der Waals surface area contributed by atoms with Crippen molar-refractivity contribution in [2.75, 3.05) is 19.0 Å². The molecule has 4 nitrogen and oxygen atoms in total. The number of hydrogen-bond acceptors (Lipinski definition) is 3. The quantitative estimate of drug-likeness (QED) is 0.722. The van der Waals surface area contributed by atoms with Gasteiger partial charge in [-0.15, -0.1) is 0 Å². The van der Waals surface area contributed by atoms with Crippen molar-refractivity contribution in [2.45, 2.75) is 19.9 Å². The maximum Gasteiger partial charge on any atom is 0.233 e. The van der Waals surface area contributed by atoms with E-state index >= 15 is 0 Å². The van der Waals surface area contributed by atoms with E-state index in [2.05, 4.69) is 15.9 Å². The predicted octanol–water partition coefficient (Wildman–Crippen LogP) is 2.40. The molecule has 1 rings (SSSR count). The van der Waals surface area contributed by atoms with E-state index in [4.69, 9.17) is 4.74 Å². The summed E-state index contributed by atoms with van der Waals surface area (Å²) in [5, 5.41) is 0.265. The van der Waals surface area contributed by atoms with Crippen LogP contribution in [0.3, 0.4) is 0 Å². The summed E-state index contributed by atoms with van der Waals surface area (Å²) in [6.07, 6.45) is 0.384. The van der Waals surface area contributed by atoms with Crippen LogP contribution >= 0.6 is 15.9 Å². The van der Waals surface area contributed by atoms with Crippen LogP contribution in [-0.2, 0) is 16.1 Å². The average Bonchev–Trinajstić information content (AvgIpc) is 2.43. The van der Waals surface area contributed by atoms with Crippen molar-refractivity contribution in [3.63, 3.8) is 0 Å². The smallest absolute Gasteiger partial charge is 0.233 e.